The topological polar surface area (TPSA) is 75.3 Å². The number of ketones is 1. The molecule has 5 nitrogen and oxygen atoms in total. The molecule has 2 amide bonds. The van der Waals surface area contributed by atoms with Gasteiger partial charge in [0.25, 0.3) is 5.91 Å². The predicted octanol–water partition coefficient (Wildman–Crippen LogP) is 1.85. The second kappa shape index (κ2) is 8.08. The van der Waals surface area contributed by atoms with E-state index < -0.39 is 17.7 Å². The quantitative estimate of drug-likeness (QED) is 0.714. The van der Waals surface area contributed by atoms with E-state index in [0.717, 1.165) is 18.4 Å². The standard InChI is InChI=1S/C19H26N2O3/c1-12(2)13(3)18(23)21-16(11-14-7-5-4-6-8-14)17(22)19(24)20-15-9-10-15/h4-8,12-13,15-16H,9-11H2,1-3H3,(H,20,24)(H,21,23)/t13-,16?/m0/s1. The van der Waals surface area contributed by atoms with Crippen LogP contribution in [0.3, 0.4) is 0 Å². The van der Waals surface area contributed by atoms with Gasteiger partial charge in [0.1, 0.15) is 6.04 Å². The maximum absolute atomic E-state index is 12.5. The molecule has 0 aliphatic heterocycles. The minimum Gasteiger partial charge on any atom is -0.347 e. The van der Waals surface area contributed by atoms with Crippen LogP contribution < -0.4 is 10.6 Å². The Kier molecular flexibility index (Phi) is 6.12. The first-order valence-corrected chi connectivity index (χ1v) is 8.57. The van der Waals surface area contributed by atoms with E-state index in [9.17, 15) is 14.4 Å². The van der Waals surface area contributed by atoms with Crippen LogP contribution in [-0.4, -0.2) is 29.7 Å². The van der Waals surface area contributed by atoms with Gasteiger partial charge in [0.15, 0.2) is 0 Å². The smallest absolute Gasteiger partial charge is 0.289 e. The van der Waals surface area contributed by atoms with Crippen molar-refractivity contribution in [2.45, 2.75) is 52.1 Å². The highest BCUT2D eigenvalue weighted by molar-refractivity contribution is 6.38. The maximum Gasteiger partial charge on any atom is 0.289 e. The second-order valence-electron chi connectivity index (χ2n) is 6.90. The zero-order chi connectivity index (χ0) is 17.7. The number of amides is 2. The van der Waals surface area contributed by atoms with Crippen LogP contribution in [0.5, 0.6) is 0 Å². The van der Waals surface area contributed by atoms with E-state index in [-0.39, 0.29) is 23.8 Å². The molecule has 1 saturated carbocycles. The van der Waals surface area contributed by atoms with Crippen LogP contribution in [-0.2, 0) is 20.8 Å². The summed E-state index contributed by atoms with van der Waals surface area (Å²) in [5.41, 5.74) is 0.910. The van der Waals surface area contributed by atoms with E-state index in [1.54, 1.807) is 0 Å². The summed E-state index contributed by atoms with van der Waals surface area (Å²) in [6, 6.07) is 8.69. The van der Waals surface area contributed by atoms with Crippen LogP contribution >= 0.6 is 0 Å². The third-order valence-electron chi connectivity index (χ3n) is 4.47. The summed E-state index contributed by atoms with van der Waals surface area (Å²) < 4.78 is 0. The van der Waals surface area contributed by atoms with E-state index in [4.69, 9.17) is 0 Å². The first kappa shape index (κ1) is 18.2. The predicted molar refractivity (Wildman–Crippen MR) is 92.3 cm³/mol. The highest BCUT2D eigenvalue weighted by Gasteiger charge is 2.32. The molecule has 1 aromatic rings. The van der Waals surface area contributed by atoms with Gasteiger partial charge in [-0.1, -0.05) is 51.1 Å². The van der Waals surface area contributed by atoms with Gasteiger partial charge in [0.2, 0.25) is 11.7 Å². The number of hydrogen-bond donors (Lipinski definition) is 2. The minimum absolute atomic E-state index is 0.115. The van der Waals surface area contributed by atoms with Crippen molar-refractivity contribution in [2.75, 3.05) is 0 Å². The first-order chi connectivity index (χ1) is 11.4. The molecule has 0 radical (unpaired) electrons. The molecule has 0 spiro atoms. The summed E-state index contributed by atoms with van der Waals surface area (Å²) in [6.07, 6.45) is 2.15. The van der Waals surface area contributed by atoms with E-state index in [2.05, 4.69) is 10.6 Å². The molecule has 1 aromatic carbocycles. The fourth-order valence-electron chi connectivity index (χ4n) is 2.31. The molecule has 0 aromatic heterocycles. The Morgan fingerprint density at radius 1 is 1.08 bits per heavy atom. The van der Waals surface area contributed by atoms with E-state index in [1.165, 1.54) is 0 Å². The molecule has 0 saturated heterocycles. The maximum atomic E-state index is 12.5. The van der Waals surface area contributed by atoms with Crippen molar-refractivity contribution in [1.29, 1.82) is 0 Å². The summed E-state index contributed by atoms with van der Waals surface area (Å²) >= 11 is 0. The fraction of sp³-hybridized carbons (Fsp3) is 0.526. The van der Waals surface area contributed by atoms with Crippen molar-refractivity contribution in [2.24, 2.45) is 11.8 Å². The Balaban J connectivity index is 2.09. The number of carbonyl (C=O) groups is 3. The lowest BCUT2D eigenvalue weighted by Gasteiger charge is -2.21. The highest BCUT2D eigenvalue weighted by atomic mass is 16.2. The summed E-state index contributed by atoms with van der Waals surface area (Å²) in [6.45, 7) is 5.74. The molecule has 0 heterocycles. The van der Waals surface area contributed by atoms with Crippen molar-refractivity contribution in [1.82, 2.24) is 10.6 Å². The third-order valence-corrected chi connectivity index (χ3v) is 4.47. The fourth-order valence-corrected chi connectivity index (χ4v) is 2.31. The Morgan fingerprint density at radius 2 is 1.71 bits per heavy atom. The third kappa shape index (κ3) is 5.18. The van der Waals surface area contributed by atoms with Crippen LogP contribution in [0.2, 0.25) is 0 Å². The average molecular weight is 330 g/mol. The molecule has 24 heavy (non-hydrogen) atoms. The summed E-state index contributed by atoms with van der Waals surface area (Å²) in [5.74, 6) is -1.43. The SMILES string of the molecule is CC(C)[C@H](C)C(=O)NC(Cc1ccccc1)C(=O)C(=O)NC1CC1. The Morgan fingerprint density at radius 3 is 2.25 bits per heavy atom. The van der Waals surface area contributed by atoms with Crippen molar-refractivity contribution in [3.8, 4) is 0 Å². The van der Waals surface area contributed by atoms with Crippen LogP contribution in [0.1, 0.15) is 39.2 Å². The van der Waals surface area contributed by atoms with Gasteiger partial charge in [-0.25, -0.2) is 0 Å². The molecule has 130 valence electrons. The monoisotopic (exact) mass is 330 g/mol. The van der Waals surface area contributed by atoms with Crippen molar-refractivity contribution < 1.29 is 14.4 Å². The Hall–Kier alpha value is -2.17. The van der Waals surface area contributed by atoms with Crippen molar-refractivity contribution in [3.05, 3.63) is 35.9 Å². The molecule has 2 N–H and O–H groups in total. The number of hydrogen-bond acceptors (Lipinski definition) is 3. The first-order valence-electron chi connectivity index (χ1n) is 8.57. The number of carbonyl (C=O) groups excluding carboxylic acids is 3. The molecule has 5 heteroatoms. The van der Waals surface area contributed by atoms with Gasteiger partial charge in [-0.3, -0.25) is 14.4 Å². The van der Waals surface area contributed by atoms with Crippen LogP contribution in [0.4, 0.5) is 0 Å². The summed E-state index contributed by atoms with van der Waals surface area (Å²) in [5, 5.41) is 5.48. The number of rotatable bonds is 8. The molecule has 0 bridgehead atoms. The van der Waals surface area contributed by atoms with Crippen LogP contribution in [0.25, 0.3) is 0 Å². The number of Topliss-reactive ketones (excluding diaryl/α,β-unsaturated/α-hetero) is 1. The van der Waals surface area contributed by atoms with E-state index >= 15 is 0 Å². The van der Waals surface area contributed by atoms with Gasteiger partial charge >= 0.3 is 0 Å². The van der Waals surface area contributed by atoms with Crippen LogP contribution in [0.15, 0.2) is 30.3 Å². The lowest BCUT2D eigenvalue weighted by atomic mass is 9.95. The van der Waals surface area contributed by atoms with E-state index in [0.29, 0.717) is 6.42 Å². The molecule has 1 unspecified atom stereocenters. The second-order valence-corrected chi connectivity index (χ2v) is 6.90. The van der Waals surface area contributed by atoms with Crippen molar-refractivity contribution >= 4 is 17.6 Å². The largest absolute Gasteiger partial charge is 0.347 e. The molecular weight excluding hydrogens is 304 g/mol. The molecular formula is C19H26N2O3. The summed E-state index contributed by atoms with van der Waals surface area (Å²) in [4.78, 5) is 37.0. The molecule has 2 atom stereocenters. The van der Waals surface area contributed by atoms with Crippen LogP contribution in [0, 0.1) is 11.8 Å². The minimum atomic E-state index is -0.833. The number of benzene rings is 1. The molecule has 1 aliphatic rings. The van der Waals surface area contributed by atoms with Gasteiger partial charge in [0.05, 0.1) is 0 Å². The average Bonchev–Trinajstić information content (AvgIpc) is 3.37. The van der Waals surface area contributed by atoms with Crippen molar-refractivity contribution in [3.63, 3.8) is 0 Å². The van der Waals surface area contributed by atoms with Gasteiger partial charge in [0, 0.05) is 18.4 Å². The lowest BCUT2D eigenvalue weighted by Crippen LogP contribution is -2.50. The molecule has 1 aliphatic carbocycles. The summed E-state index contributed by atoms with van der Waals surface area (Å²) in [7, 11) is 0. The lowest BCUT2D eigenvalue weighted by molar-refractivity contribution is -0.140. The Labute approximate surface area is 143 Å². The van der Waals surface area contributed by atoms with Gasteiger partial charge < -0.3 is 10.6 Å². The van der Waals surface area contributed by atoms with Gasteiger partial charge in [-0.15, -0.1) is 0 Å². The molecule has 1 fully saturated rings. The van der Waals surface area contributed by atoms with E-state index in [1.807, 2.05) is 51.1 Å². The zero-order valence-electron chi connectivity index (χ0n) is 14.5. The molecule has 2 rings (SSSR count). The normalized spacial score (nSPS) is 16.3. The number of nitrogens with one attached hydrogen (secondary N) is 2. The van der Waals surface area contributed by atoms with Gasteiger partial charge in [-0.05, 0) is 24.3 Å². The highest BCUT2D eigenvalue weighted by Crippen LogP contribution is 2.18. The zero-order valence-corrected chi connectivity index (χ0v) is 14.5. The van der Waals surface area contributed by atoms with Gasteiger partial charge in [-0.2, -0.15) is 0 Å². The Bertz CT molecular complexity index is 594.